The fourth-order valence-corrected chi connectivity index (χ4v) is 2.27. The van der Waals surface area contributed by atoms with Crippen molar-refractivity contribution in [2.24, 2.45) is 0 Å². The van der Waals surface area contributed by atoms with Crippen LogP contribution in [0.25, 0.3) is 0 Å². The SMILES string of the molecule is Cc1nc(Nc2cccc(C(=O)O)c2)cc(Nc2ccccc2F)n1. The Bertz CT molecular complexity index is 930. The molecule has 1 aromatic heterocycles. The van der Waals surface area contributed by atoms with E-state index in [4.69, 9.17) is 5.11 Å². The number of carboxylic acids is 1. The van der Waals surface area contributed by atoms with Gasteiger partial charge in [-0.15, -0.1) is 0 Å². The molecule has 2 aromatic carbocycles. The van der Waals surface area contributed by atoms with Gasteiger partial charge in [-0.3, -0.25) is 0 Å². The molecule has 0 aliphatic heterocycles. The summed E-state index contributed by atoms with van der Waals surface area (Å²) >= 11 is 0. The zero-order valence-electron chi connectivity index (χ0n) is 13.3. The van der Waals surface area contributed by atoms with Gasteiger partial charge in [0.05, 0.1) is 11.3 Å². The van der Waals surface area contributed by atoms with Crippen molar-refractivity contribution < 1.29 is 14.3 Å². The highest BCUT2D eigenvalue weighted by Crippen LogP contribution is 2.22. The number of nitrogens with zero attached hydrogens (tertiary/aromatic N) is 2. The van der Waals surface area contributed by atoms with Crippen LogP contribution in [0.2, 0.25) is 0 Å². The fraction of sp³-hybridized carbons (Fsp3) is 0.0556. The maximum Gasteiger partial charge on any atom is 0.335 e. The van der Waals surface area contributed by atoms with E-state index in [0.717, 1.165) is 0 Å². The third kappa shape index (κ3) is 4.08. The number of para-hydroxylation sites is 1. The molecule has 126 valence electrons. The van der Waals surface area contributed by atoms with Crippen LogP contribution in [-0.2, 0) is 0 Å². The molecule has 6 nitrogen and oxygen atoms in total. The smallest absolute Gasteiger partial charge is 0.335 e. The van der Waals surface area contributed by atoms with Crippen LogP contribution in [0, 0.1) is 12.7 Å². The van der Waals surface area contributed by atoms with E-state index in [1.165, 1.54) is 18.2 Å². The van der Waals surface area contributed by atoms with Crippen molar-refractivity contribution in [3.05, 3.63) is 71.8 Å². The predicted octanol–water partition coefficient (Wildman–Crippen LogP) is 4.11. The Morgan fingerprint density at radius 3 is 2.44 bits per heavy atom. The number of aromatic nitrogens is 2. The number of aryl methyl sites for hydroxylation is 1. The summed E-state index contributed by atoms with van der Waals surface area (Å²) in [6.07, 6.45) is 0. The zero-order valence-corrected chi connectivity index (χ0v) is 13.3. The van der Waals surface area contributed by atoms with Crippen LogP contribution >= 0.6 is 0 Å². The van der Waals surface area contributed by atoms with E-state index in [1.54, 1.807) is 43.3 Å². The number of halogens is 1. The van der Waals surface area contributed by atoms with Crippen LogP contribution in [0.5, 0.6) is 0 Å². The van der Waals surface area contributed by atoms with Gasteiger partial charge in [0.1, 0.15) is 23.3 Å². The largest absolute Gasteiger partial charge is 0.478 e. The molecule has 1 heterocycles. The van der Waals surface area contributed by atoms with Gasteiger partial charge in [-0.25, -0.2) is 19.2 Å². The highest BCUT2D eigenvalue weighted by molar-refractivity contribution is 5.89. The van der Waals surface area contributed by atoms with Crippen LogP contribution in [-0.4, -0.2) is 21.0 Å². The number of anilines is 4. The number of aromatic carboxylic acids is 1. The van der Waals surface area contributed by atoms with E-state index in [0.29, 0.717) is 28.8 Å². The molecule has 0 fully saturated rings. The topological polar surface area (TPSA) is 87.1 Å². The summed E-state index contributed by atoms with van der Waals surface area (Å²) in [7, 11) is 0. The number of nitrogens with one attached hydrogen (secondary N) is 2. The summed E-state index contributed by atoms with van der Waals surface area (Å²) in [4.78, 5) is 19.5. The average Bonchev–Trinajstić information content (AvgIpc) is 2.57. The Labute approximate surface area is 143 Å². The molecule has 3 aromatic rings. The third-order valence-corrected chi connectivity index (χ3v) is 3.36. The first-order chi connectivity index (χ1) is 12.0. The van der Waals surface area contributed by atoms with E-state index in [1.807, 2.05) is 0 Å². The molecule has 3 N–H and O–H groups in total. The highest BCUT2D eigenvalue weighted by Gasteiger charge is 2.07. The van der Waals surface area contributed by atoms with E-state index in [9.17, 15) is 9.18 Å². The van der Waals surface area contributed by atoms with E-state index >= 15 is 0 Å². The summed E-state index contributed by atoms with van der Waals surface area (Å²) in [5, 5.41) is 15.0. The summed E-state index contributed by atoms with van der Waals surface area (Å²) < 4.78 is 13.8. The van der Waals surface area contributed by atoms with E-state index < -0.39 is 5.97 Å². The predicted molar refractivity (Wildman–Crippen MR) is 93.1 cm³/mol. The molecule has 0 saturated carbocycles. The highest BCUT2D eigenvalue weighted by atomic mass is 19.1. The Morgan fingerprint density at radius 2 is 1.72 bits per heavy atom. The van der Waals surface area contributed by atoms with Crippen LogP contribution in [0.3, 0.4) is 0 Å². The molecule has 0 spiro atoms. The molecule has 0 aliphatic rings. The van der Waals surface area contributed by atoms with Gasteiger partial charge in [-0.05, 0) is 37.3 Å². The second-order valence-corrected chi connectivity index (χ2v) is 5.30. The lowest BCUT2D eigenvalue weighted by Crippen LogP contribution is -2.03. The lowest BCUT2D eigenvalue weighted by Gasteiger charge is -2.11. The van der Waals surface area contributed by atoms with Gasteiger partial charge in [0, 0.05) is 11.8 Å². The van der Waals surface area contributed by atoms with Gasteiger partial charge >= 0.3 is 5.97 Å². The van der Waals surface area contributed by atoms with Gasteiger partial charge in [0.2, 0.25) is 0 Å². The number of benzene rings is 2. The van der Waals surface area contributed by atoms with Crippen LogP contribution < -0.4 is 10.6 Å². The Hall–Kier alpha value is -3.48. The molecule has 0 atom stereocenters. The summed E-state index contributed by atoms with van der Waals surface area (Å²) in [5.74, 6) is -0.0199. The second-order valence-electron chi connectivity index (χ2n) is 5.30. The lowest BCUT2D eigenvalue weighted by molar-refractivity contribution is 0.0697. The number of hydrogen-bond donors (Lipinski definition) is 3. The molecule has 0 amide bonds. The molecule has 0 unspecified atom stereocenters. The average molecular weight is 338 g/mol. The minimum atomic E-state index is -1.01. The van der Waals surface area contributed by atoms with Gasteiger partial charge in [-0.1, -0.05) is 18.2 Å². The minimum absolute atomic E-state index is 0.167. The van der Waals surface area contributed by atoms with Crippen LogP contribution in [0.15, 0.2) is 54.6 Å². The molecule has 0 bridgehead atoms. The molecule has 0 radical (unpaired) electrons. The Balaban J connectivity index is 1.86. The van der Waals surface area contributed by atoms with Gasteiger partial charge in [-0.2, -0.15) is 0 Å². The number of rotatable bonds is 5. The maximum atomic E-state index is 13.8. The number of carbonyl (C=O) groups is 1. The van der Waals surface area contributed by atoms with Crippen molar-refractivity contribution in [2.45, 2.75) is 6.92 Å². The number of carboxylic acid groups (broad SMARTS) is 1. The van der Waals surface area contributed by atoms with Crippen LogP contribution in [0.4, 0.5) is 27.4 Å². The lowest BCUT2D eigenvalue weighted by atomic mass is 10.2. The summed E-state index contributed by atoms with van der Waals surface area (Å²) in [6.45, 7) is 1.71. The molecular weight excluding hydrogens is 323 g/mol. The second kappa shape index (κ2) is 6.96. The Kier molecular flexibility index (Phi) is 4.56. The first-order valence-corrected chi connectivity index (χ1v) is 7.49. The maximum absolute atomic E-state index is 13.8. The minimum Gasteiger partial charge on any atom is -0.478 e. The third-order valence-electron chi connectivity index (χ3n) is 3.36. The number of hydrogen-bond acceptors (Lipinski definition) is 5. The van der Waals surface area contributed by atoms with Crippen molar-refractivity contribution in [3.63, 3.8) is 0 Å². The van der Waals surface area contributed by atoms with E-state index in [-0.39, 0.29) is 11.4 Å². The standard InChI is InChI=1S/C18H15FN4O2/c1-11-20-16(22-13-6-4-5-12(9-13)18(24)25)10-17(21-11)23-15-8-3-2-7-14(15)19/h2-10H,1H3,(H,24,25)(H2,20,21,22,23). The van der Waals surface area contributed by atoms with E-state index in [2.05, 4.69) is 20.6 Å². The summed E-state index contributed by atoms with van der Waals surface area (Å²) in [6, 6.07) is 14.3. The Morgan fingerprint density at radius 1 is 1.00 bits per heavy atom. The molecule has 3 rings (SSSR count). The first kappa shape index (κ1) is 16.4. The summed E-state index contributed by atoms with van der Waals surface area (Å²) in [5.41, 5.74) is 1.05. The monoisotopic (exact) mass is 338 g/mol. The molecule has 0 saturated heterocycles. The van der Waals surface area contributed by atoms with Gasteiger partial charge < -0.3 is 15.7 Å². The van der Waals surface area contributed by atoms with Gasteiger partial charge in [0.25, 0.3) is 0 Å². The van der Waals surface area contributed by atoms with Crippen LogP contribution in [0.1, 0.15) is 16.2 Å². The zero-order chi connectivity index (χ0) is 17.8. The van der Waals surface area contributed by atoms with Crippen molar-refractivity contribution in [3.8, 4) is 0 Å². The van der Waals surface area contributed by atoms with Crippen molar-refractivity contribution in [2.75, 3.05) is 10.6 Å². The molecule has 7 heteroatoms. The van der Waals surface area contributed by atoms with Gasteiger partial charge in [0.15, 0.2) is 0 Å². The molecule has 25 heavy (non-hydrogen) atoms. The van der Waals surface area contributed by atoms with Crippen molar-refractivity contribution in [1.29, 1.82) is 0 Å². The fourth-order valence-electron chi connectivity index (χ4n) is 2.27. The van der Waals surface area contributed by atoms with Crippen molar-refractivity contribution >= 4 is 29.0 Å². The molecule has 0 aliphatic carbocycles. The molecular formula is C18H15FN4O2. The quantitative estimate of drug-likeness (QED) is 0.649. The van der Waals surface area contributed by atoms with Crippen molar-refractivity contribution in [1.82, 2.24) is 9.97 Å². The first-order valence-electron chi connectivity index (χ1n) is 7.49. The normalized spacial score (nSPS) is 10.3.